The number of hydrogen-bond donors (Lipinski definition) is 0. The molecule has 0 saturated carbocycles. The SMILES string of the molecule is CCCCc1ccc(N=Cc2ccc(N3CCOCC3)c(F)c2)cc1. The maximum atomic E-state index is 14.4. The molecule has 1 saturated heterocycles. The number of aryl methyl sites for hydroxylation is 1. The Morgan fingerprint density at radius 2 is 1.88 bits per heavy atom. The van der Waals surface area contributed by atoms with Crippen LogP contribution >= 0.6 is 0 Å². The van der Waals surface area contributed by atoms with Gasteiger partial charge in [0.15, 0.2) is 0 Å². The number of anilines is 1. The van der Waals surface area contributed by atoms with Gasteiger partial charge >= 0.3 is 0 Å². The van der Waals surface area contributed by atoms with Gasteiger partial charge in [0.2, 0.25) is 0 Å². The molecular formula is C21H25FN2O. The zero-order valence-corrected chi connectivity index (χ0v) is 14.7. The molecule has 0 amide bonds. The molecule has 1 aliphatic heterocycles. The van der Waals surface area contributed by atoms with Crippen molar-refractivity contribution in [3.05, 3.63) is 59.4 Å². The van der Waals surface area contributed by atoms with Gasteiger partial charge in [0.25, 0.3) is 0 Å². The van der Waals surface area contributed by atoms with Crippen LogP contribution in [0.25, 0.3) is 0 Å². The summed E-state index contributed by atoms with van der Waals surface area (Å²) in [4.78, 5) is 6.48. The highest BCUT2D eigenvalue weighted by Crippen LogP contribution is 2.21. The van der Waals surface area contributed by atoms with E-state index in [1.54, 1.807) is 12.3 Å². The van der Waals surface area contributed by atoms with E-state index in [4.69, 9.17) is 4.74 Å². The first-order valence-corrected chi connectivity index (χ1v) is 9.01. The van der Waals surface area contributed by atoms with Gasteiger partial charge in [-0.3, -0.25) is 4.99 Å². The third-order valence-electron chi connectivity index (χ3n) is 4.44. The molecule has 1 aliphatic rings. The summed E-state index contributed by atoms with van der Waals surface area (Å²) < 4.78 is 19.7. The Hall–Kier alpha value is -2.20. The van der Waals surface area contributed by atoms with Crippen LogP contribution in [-0.2, 0) is 11.2 Å². The molecule has 0 aromatic heterocycles. The van der Waals surface area contributed by atoms with Crippen molar-refractivity contribution in [3.8, 4) is 0 Å². The number of rotatable bonds is 6. The molecule has 1 heterocycles. The van der Waals surface area contributed by atoms with Crippen LogP contribution in [-0.4, -0.2) is 32.5 Å². The van der Waals surface area contributed by atoms with Crippen molar-refractivity contribution in [2.45, 2.75) is 26.2 Å². The van der Waals surface area contributed by atoms with E-state index in [1.165, 1.54) is 18.4 Å². The summed E-state index contributed by atoms with van der Waals surface area (Å²) in [5, 5.41) is 0. The highest BCUT2D eigenvalue weighted by atomic mass is 19.1. The number of aliphatic imine (C=N–C) groups is 1. The van der Waals surface area contributed by atoms with E-state index >= 15 is 0 Å². The first-order valence-electron chi connectivity index (χ1n) is 9.01. The van der Waals surface area contributed by atoms with Gasteiger partial charge in [-0.15, -0.1) is 0 Å². The molecule has 3 nitrogen and oxygen atoms in total. The average molecular weight is 340 g/mol. The van der Waals surface area contributed by atoms with Crippen LogP contribution in [0.1, 0.15) is 30.9 Å². The number of morpholine rings is 1. The number of hydrogen-bond acceptors (Lipinski definition) is 3. The van der Waals surface area contributed by atoms with Gasteiger partial charge in [-0.2, -0.15) is 0 Å². The van der Waals surface area contributed by atoms with Crippen LogP contribution in [0.15, 0.2) is 47.5 Å². The molecule has 25 heavy (non-hydrogen) atoms. The highest BCUT2D eigenvalue weighted by molar-refractivity contribution is 5.82. The van der Waals surface area contributed by atoms with Crippen LogP contribution < -0.4 is 4.90 Å². The van der Waals surface area contributed by atoms with Crippen LogP contribution in [0.2, 0.25) is 0 Å². The van der Waals surface area contributed by atoms with E-state index in [1.807, 2.05) is 29.2 Å². The molecule has 0 aliphatic carbocycles. The summed E-state index contributed by atoms with van der Waals surface area (Å²) in [7, 11) is 0. The molecule has 4 heteroatoms. The molecule has 0 radical (unpaired) electrons. The molecule has 3 rings (SSSR count). The fourth-order valence-electron chi connectivity index (χ4n) is 2.94. The third-order valence-corrected chi connectivity index (χ3v) is 4.44. The molecule has 0 atom stereocenters. The lowest BCUT2D eigenvalue weighted by Crippen LogP contribution is -2.36. The number of halogens is 1. The van der Waals surface area contributed by atoms with Gasteiger partial charge in [-0.1, -0.05) is 31.5 Å². The third kappa shape index (κ3) is 4.89. The molecule has 2 aromatic rings. The summed E-state index contributed by atoms with van der Waals surface area (Å²) in [5.41, 5.74) is 3.63. The van der Waals surface area contributed by atoms with Crippen molar-refractivity contribution < 1.29 is 9.13 Å². The second-order valence-corrected chi connectivity index (χ2v) is 6.34. The summed E-state index contributed by atoms with van der Waals surface area (Å²) in [6.07, 6.45) is 5.23. The number of ether oxygens (including phenoxy) is 1. The second kappa shape index (κ2) is 8.77. The highest BCUT2D eigenvalue weighted by Gasteiger charge is 2.14. The number of nitrogens with zero attached hydrogens (tertiary/aromatic N) is 2. The molecule has 2 aromatic carbocycles. The zero-order valence-electron chi connectivity index (χ0n) is 14.7. The zero-order chi connectivity index (χ0) is 17.5. The van der Waals surface area contributed by atoms with Crippen LogP contribution in [0.5, 0.6) is 0 Å². The lowest BCUT2D eigenvalue weighted by molar-refractivity contribution is 0.122. The van der Waals surface area contributed by atoms with Crippen molar-refractivity contribution in [1.29, 1.82) is 0 Å². The van der Waals surface area contributed by atoms with Crippen LogP contribution in [0.4, 0.5) is 15.8 Å². The molecule has 0 N–H and O–H groups in total. The van der Waals surface area contributed by atoms with Crippen LogP contribution in [0, 0.1) is 5.82 Å². The van der Waals surface area contributed by atoms with E-state index in [2.05, 4.69) is 24.0 Å². The first-order chi connectivity index (χ1) is 12.3. The van der Waals surface area contributed by atoms with Crippen molar-refractivity contribution in [1.82, 2.24) is 0 Å². The van der Waals surface area contributed by atoms with Gasteiger partial charge < -0.3 is 9.64 Å². The Labute approximate surface area is 149 Å². The van der Waals surface area contributed by atoms with Crippen molar-refractivity contribution in [2.75, 3.05) is 31.2 Å². The maximum Gasteiger partial charge on any atom is 0.147 e. The maximum absolute atomic E-state index is 14.4. The fourth-order valence-corrected chi connectivity index (χ4v) is 2.94. The molecule has 1 fully saturated rings. The summed E-state index contributed by atoms with van der Waals surface area (Å²) >= 11 is 0. The predicted octanol–water partition coefficient (Wildman–Crippen LogP) is 4.76. The van der Waals surface area contributed by atoms with Crippen molar-refractivity contribution in [3.63, 3.8) is 0 Å². The number of benzene rings is 2. The topological polar surface area (TPSA) is 24.8 Å². The van der Waals surface area contributed by atoms with Crippen molar-refractivity contribution >= 4 is 17.6 Å². The fraction of sp³-hybridized carbons (Fsp3) is 0.381. The molecule has 0 unspecified atom stereocenters. The van der Waals surface area contributed by atoms with Gasteiger partial charge in [-0.25, -0.2) is 4.39 Å². The Balaban J connectivity index is 1.65. The monoisotopic (exact) mass is 340 g/mol. The standard InChI is InChI=1S/C21H25FN2O/c1-2-3-4-17-5-8-19(9-6-17)23-16-18-7-10-21(20(22)15-18)24-11-13-25-14-12-24/h5-10,15-16H,2-4,11-14H2,1H3. The minimum Gasteiger partial charge on any atom is -0.378 e. The predicted molar refractivity (Wildman–Crippen MR) is 102 cm³/mol. The Morgan fingerprint density at radius 3 is 2.56 bits per heavy atom. The first kappa shape index (κ1) is 17.6. The Kier molecular flexibility index (Phi) is 6.18. The largest absolute Gasteiger partial charge is 0.378 e. The van der Waals surface area contributed by atoms with Gasteiger partial charge in [0.1, 0.15) is 5.82 Å². The van der Waals surface area contributed by atoms with E-state index in [0.29, 0.717) is 18.9 Å². The lowest BCUT2D eigenvalue weighted by atomic mass is 10.1. The minimum atomic E-state index is -0.208. The van der Waals surface area contributed by atoms with E-state index < -0.39 is 0 Å². The summed E-state index contributed by atoms with van der Waals surface area (Å²) in [6.45, 7) is 4.96. The lowest BCUT2D eigenvalue weighted by Gasteiger charge is -2.29. The van der Waals surface area contributed by atoms with Gasteiger partial charge in [0, 0.05) is 19.3 Å². The average Bonchev–Trinajstić information content (AvgIpc) is 2.66. The quantitative estimate of drug-likeness (QED) is 0.709. The van der Waals surface area contributed by atoms with Crippen LogP contribution in [0.3, 0.4) is 0 Å². The normalized spacial score (nSPS) is 15.0. The van der Waals surface area contributed by atoms with Crippen molar-refractivity contribution in [2.24, 2.45) is 4.99 Å². The van der Waals surface area contributed by atoms with Gasteiger partial charge in [0.05, 0.1) is 24.6 Å². The molecule has 0 bridgehead atoms. The summed E-state index contributed by atoms with van der Waals surface area (Å²) in [6, 6.07) is 13.5. The smallest absolute Gasteiger partial charge is 0.147 e. The Morgan fingerprint density at radius 1 is 1.12 bits per heavy atom. The van der Waals surface area contributed by atoms with E-state index in [-0.39, 0.29) is 5.82 Å². The molecular weight excluding hydrogens is 315 g/mol. The Bertz CT molecular complexity index is 706. The van der Waals surface area contributed by atoms with E-state index in [9.17, 15) is 4.39 Å². The van der Waals surface area contributed by atoms with Gasteiger partial charge in [-0.05, 0) is 48.2 Å². The molecule has 132 valence electrons. The van der Waals surface area contributed by atoms with E-state index in [0.717, 1.165) is 30.8 Å². The molecule has 0 spiro atoms. The minimum absolute atomic E-state index is 0.208. The number of unbranched alkanes of at least 4 members (excludes halogenated alkanes) is 1. The summed E-state index contributed by atoms with van der Waals surface area (Å²) in [5.74, 6) is -0.208. The second-order valence-electron chi connectivity index (χ2n) is 6.34.